The first-order valence-corrected chi connectivity index (χ1v) is 6.93. The van der Waals surface area contributed by atoms with Crippen LogP contribution in [0.25, 0.3) is 0 Å². The van der Waals surface area contributed by atoms with Gasteiger partial charge in [-0.25, -0.2) is 0 Å². The van der Waals surface area contributed by atoms with Crippen LogP contribution in [0.2, 0.25) is 0 Å². The van der Waals surface area contributed by atoms with Crippen LogP contribution in [-0.2, 0) is 9.59 Å². The molecule has 20 heavy (non-hydrogen) atoms. The van der Waals surface area contributed by atoms with Crippen molar-refractivity contribution in [3.05, 3.63) is 11.8 Å². The Kier molecular flexibility index (Phi) is 6.21. The van der Waals surface area contributed by atoms with Crippen molar-refractivity contribution in [1.29, 1.82) is 0 Å². The SMILES string of the molecule is CCC(=O)N(CCC(C)C)CC(=O)Nc1cc(C)on1. The van der Waals surface area contributed by atoms with Gasteiger partial charge in [0.05, 0.1) is 6.54 Å². The second-order valence-corrected chi connectivity index (χ2v) is 5.22. The zero-order valence-electron chi connectivity index (χ0n) is 12.6. The number of aromatic nitrogens is 1. The van der Waals surface area contributed by atoms with E-state index in [1.807, 2.05) is 0 Å². The van der Waals surface area contributed by atoms with Gasteiger partial charge in [-0.1, -0.05) is 25.9 Å². The predicted octanol–water partition coefficient (Wildman–Crippen LogP) is 2.21. The topological polar surface area (TPSA) is 75.4 Å². The quantitative estimate of drug-likeness (QED) is 0.831. The predicted molar refractivity (Wildman–Crippen MR) is 76.2 cm³/mol. The fourth-order valence-electron chi connectivity index (χ4n) is 1.71. The number of aryl methyl sites for hydroxylation is 1. The fourth-order valence-corrected chi connectivity index (χ4v) is 1.71. The van der Waals surface area contributed by atoms with E-state index in [1.165, 1.54) is 0 Å². The van der Waals surface area contributed by atoms with E-state index in [-0.39, 0.29) is 18.4 Å². The molecule has 0 saturated carbocycles. The number of anilines is 1. The molecule has 0 spiro atoms. The summed E-state index contributed by atoms with van der Waals surface area (Å²) >= 11 is 0. The van der Waals surface area contributed by atoms with Gasteiger partial charge in [-0.3, -0.25) is 9.59 Å². The van der Waals surface area contributed by atoms with Crippen molar-refractivity contribution >= 4 is 17.6 Å². The Hall–Kier alpha value is -1.85. The molecule has 0 atom stereocenters. The molecular formula is C14H23N3O3. The monoisotopic (exact) mass is 281 g/mol. The molecule has 0 unspecified atom stereocenters. The molecule has 2 amide bonds. The van der Waals surface area contributed by atoms with Gasteiger partial charge in [0, 0.05) is 19.0 Å². The third-order valence-electron chi connectivity index (χ3n) is 2.86. The first kappa shape index (κ1) is 16.2. The molecule has 1 heterocycles. The molecule has 6 nitrogen and oxygen atoms in total. The van der Waals surface area contributed by atoms with Crippen molar-refractivity contribution in [2.45, 2.75) is 40.5 Å². The Balaban J connectivity index is 2.54. The van der Waals surface area contributed by atoms with E-state index in [0.717, 1.165) is 6.42 Å². The number of rotatable bonds is 7. The molecule has 0 aliphatic carbocycles. The molecular weight excluding hydrogens is 258 g/mol. The smallest absolute Gasteiger partial charge is 0.245 e. The van der Waals surface area contributed by atoms with E-state index < -0.39 is 0 Å². The zero-order valence-corrected chi connectivity index (χ0v) is 12.6. The summed E-state index contributed by atoms with van der Waals surface area (Å²) in [5, 5.41) is 6.31. The second kappa shape index (κ2) is 7.67. The van der Waals surface area contributed by atoms with E-state index in [0.29, 0.717) is 30.5 Å². The number of carbonyl (C=O) groups excluding carboxylic acids is 2. The number of nitrogens with one attached hydrogen (secondary N) is 1. The third kappa shape index (κ3) is 5.42. The Morgan fingerprint density at radius 1 is 1.45 bits per heavy atom. The van der Waals surface area contributed by atoms with Gasteiger partial charge in [0.25, 0.3) is 0 Å². The van der Waals surface area contributed by atoms with Crippen LogP contribution in [0.3, 0.4) is 0 Å². The first-order valence-electron chi connectivity index (χ1n) is 6.93. The van der Waals surface area contributed by atoms with Crippen molar-refractivity contribution in [2.75, 3.05) is 18.4 Å². The highest BCUT2D eigenvalue weighted by Crippen LogP contribution is 2.08. The minimum Gasteiger partial charge on any atom is -0.360 e. The van der Waals surface area contributed by atoms with Crippen molar-refractivity contribution < 1.29 is 14.1 Å². The zero-order chi connectivity index (χ0) is 15.1. The highest BCUT2D eigenvalue weighted by molar-refractivity contribution is 5.93. The van der Waals surface area contributed by atoms with Crippen molar-refractivity contribution in [3.63, 3.8) is 0 Å². The van der Waals surface area contributed by atoms with E-state index in [9.17, 15) is 9.59 Å². The molecule has 112 valence electrons. The van der Waals surface area contributed by atoms with Crippen LogP contribution >= 0.6 is 0 Å². The van der Waals surface area contributed by atoms with Crippen LogP contribution in [0.15, 0.2) is 10.6 Å². The normalized spacial score (nSPS) is 10.7. The number of hydrogen-bond acceptors (Lipinski definition) is 4. The van der Waals surface area contributed by atoms with E-state index in [1.54, 1.807) is 24.8 Å². The summed E-state index contributed by atoms with van der Waals surface area (Å²) in [7, 11) is 0. The maximum absolute atomic E-state index is 11.9. The lowest BCUT2D eigenvalue weighted by Crippen LogP contribution is -2.38. The van der Waals surface area contributed by atoms with Gasteiger partial charge in [-0.05, 0) is 19.3 Å². The van der Waals surface area contributed by atoms with Crippen LogP contribution in [0.1, 0.15) is 39.4 Å². The van der Waals surface area contributed by atoms with Gasteiger partial charge in [-0.2, -0.15) is 0 Å². The highest BCUT2D eigenvalue weighted by Gasteiger charge is 2.16. The van der Waals surface area contributed by atoms with E-state index in [4.69, 9.17) is 4.52 Å². The molecule has 0 aromatic carbocycles. The molecule has 1 N–H and O–H groups in total. The van der Waals surface area contributed by atoms with Crippen molar-refractivity contribution in [1.82, 2.24) is 10.1 Å². The molecule has 0 aliphatic heterocycles. The maximum Gasteiger partial charge on any atom is 0.245 e. The molecule has 1 aromatic rings. The van der Waals surface area contributed by atoms with E-state index >= 15 is 0 Å². The van der Waals surface area contributed by atoms with Gasteiger partial charge in [0.2, 0.25) is 11.8 Å². The van der Waals surface area contributed by atoms with Crippen molar-refractivity contribution in [2.24, 2.45) is 5.92 Å². The Morgan fingerprint density at radius 2 is 2.15 bits per heavy atom. The second-order valence-electron chi connectivity index (χ2n) is 5.22. The average Bonchev–Trinajstić information content (AvgIpc) is 2.78. The first-order chi connectivity index (χ1) is 9.42. The van der Waals surface area contributed by atoms with E-state index in [2.05, 4.69) is 24.3 Å². The standard InChI is InChI=1S/C14H23N3O3/c1-5-14(19)17(7-6-10(2)3)9-13(18)15-12-8-11(4)20-16-12/h8,10H,5-7,9H2,1-4H3,(H,15,16,18). The Morgan fingerprint density at radius 3 is 2.65 bits per heavy atom. The van der Waals surface area contributed by atoms with Crippen LogP contribution in [0.5, 0.6) is 0 Å². The third-order valence-corrected chi connectivity index (χ3v) is 2.86. The lowest BCUT2D eigenvalue weighted by atomic mass is 10.1. The minimum atomic E-state index is -0.260. The minimum absolute atomic E-state index is 0.0165. The summed E-state index contributed by atoms with van der Waals surface area (Å²) in [4.78, 5) is 25.3. The number of amides is 2. The molecule has 1 aromatic heterocycles. The largest absolute Gasteiger partial charge is 0.360 e. The van der Waals surface area contributed by atoms with Gasteiger partial charge in [0.1, 0.15) is 5.76 Å². The number of hydrogen-bond donors (Lipinski definition) is 1. The maximum atomic E-state index is 11.9. The lowest BCUT2D eigenvalue weighted by molar-refractivity contribution is -0.134. The Bertz CT molecular complexity index is 454. The van der Waals surface area contributed by atoms with Crippen LogP contribution in [0.4, 0.5) is 5.82 Å². The Labute approximate surface area is 119 Å². The molecule has 1 rings (SSSR count). The summed E-state index contributed by atoms with van der Waals surface area (Å²) in [6, 6.07) is 1.64. The summed E-state index contributed by atoms with van der Waals surface area (Å²) in [6.45, 7) is 8.36. The summed E-state index contributed by atoms with van der Waals surface area (Å²) in [6.07, 6.45) is 1.27. The van der Waals surface area contributed by atoms with Gasteiger partial charge in [0.15, 0.2) is 5.82 Å². The molecule has 6 heteroatoms. The van der Waals surface area contributed by atoms with Gasteiger partial charge >= 0.3 is 0 Å². The molecule has 0 bridgehead atoms. The lowest BCUT2D eigenvalue weighted by Gasteiger charge is -2.22. The summed E-state index contributed by atoms with van der Waals surface area (Å²) in [5.74, 6) is 1.21. The van der Waals surface area contributed by atoms with Crippen molar-refractivity contribution in [3.8, 4) is 0 Å². The molecule has 0 saturated heterocycles. The molecule has 0 radical (unpaired) electrons. The summed E-state index contributed by atoms with van der Waals surface area (Å²) < 4.78 is 4.87. The van der Waals surface area contributed by atoms with Gasteiger partial charge < -0.3 is 14.7 Å². The summed E-state index contributed by atoms with van der Waals surface area (Å²) in [5.41, 5.74) is 0. The fraction of sp³-hybridized carbons (Fsp3) is 0.643. The van der Waals surface area contributed by atoms with Gasteiger partial charge in [-0.15, -0.1) is 0 Å². The average molecular weight is 281 g/mol. The number of carbonyl (C=O) groups is 2. The van der Waals surface area contributed by atoms with Crippen LogP contribution in [0, 0.1) is 12.8 Å². The number of nitrogens with zero attached hydrogens (tertiary/aromatic N) is 2. The molecule has 0 aliphatic rings. The van der Waals surface area contributed by atoms with Crippen LogP contribution in [-0.4, -0.2) is 35.0 Å². The molecule has 0 fully saturated rings. The highest BCUT2D eigenvalue weighted by atomic mass is 16.5. The van der Waals surface area contributed by atoms with Crippen LogP contribution < -0.4 is 5.32 Å².